The Bertz CT molecular complexity index is 881. The van der Waals surface area contributed by atoms with Gasteiger partial charge in [-0.1, -0.05) is 48.5 Å². The molecule has 0 aliphatic carbocycles. The zero-order valence-electron chi connectivity index (χ0n) is 14.8. The van der Waals surface area contributed by atoms with Gasteiger partial charge >= 0.3 is 5.97 Å². The number of esters is 1. The van der Waals surface area contributed by atoms with Gasteiger partial charge in [0.05, 0.1) is 5.56 Å². The number of amides is 2. The van der Waals surface area contributed by atoms with Crippen LogP contribution in [0.25, 0.3) is 0 Å². The van der Waals surface area contributed by atoms with Crippen LogP contribution in [0.4, 0.5) is 0 Å². The molecule has 27 heavy (non-hydrogen) atoms. The van der Waals surface area contributed by atoms with Gasteiger partial charge in [-0.15, -0.1) is 0 Å². The van der Waals surface area contributed by atoms with Crippen molar-refractivity contribution in [3.8, 4) is 0 Å². The van der Waals surface area contributed by atoms with Gasteiger partial charge in [-0.05, 0) is 23.6 Å². The summed E-state index contributed by atoms with van der Waals surface area (Å²) in [5, 5.41) is 2.76. The molecule has 138 valence electrons. The standard InChI is InChI=1S/C21H20N2O4/c24-19(18-12-15-8-4-5-9-16(15)21(26)27-18)22-17-10-11-23(20(17)25)13-14-6-2-1-3-7-14/h1-9,17-18H,10-13H2,(H,22,24)/t17-,18+/m0/s1. The number of carbonyl (C=O) groups is 3. The number of carbonyl (C=O) groups excluding carboxylic acids is 3. The second kappa shape index (κ2) is 7.23. The van der Waals surface area contributed by atoms with Gasteiger partial charge in [0, 0.05) is 19.5 Å². The second-order valence-electron chi connectivity index (χ2n) is 6.85. The summed E-state index contributed by atoms with van der Waals surface area (Å²) < 4.78 is 5.27. The van der Waals surface area contributed by atoms with E-state index in [-0.39, 0.29) is 5.91 Å². The van der Waals surface area contributed by atoms with Crippen LogP contribution in [0.3, 0.4) is 0 Å². The summed E-state index contributed by atoms with van der Waals surface area (Å²) in [6.45, 7) is 1.11. The monoisotopic (exact) mass is 364 g/mol. The number of likely N-dealkylation sites (tertiary alicyclic amines) is 1. The highest BCUT2D eigenvalue weighted by molar-refractivity contribution is 5.97. The van der Waals surface area contributed by atoms with Gasteiger partial charge in [0.15, 0.2) is 6.10 Å². The van der Waals surface area contributed by atoms with Gasteiger partial charge in [-0.25, -0.2) is 4.79 Å². The molecule has 2 aromatic rings. The van der Waals surface area contributed by atoms with E-state index in [2.05, 4.69) is 5.32 Å². The summed E-state index contributed by atoms with van der Waals surface area (Å²) in [6.07, 6.45) is -0.0276. The van der Waals surface area contributed by atoms with E-state index in [0.29, 0.717) is 31.5 Å². The third-order valence-electron chi connectivity index (χ3n) is 5.01. The summed E-state index contributed by atoms with van der Waals surface area (Å²) in [7, 11) is 0. The van der Waals surface area contributed by atoms with Crippen molar-refractivity contribution >= 4 is 17.8 Å². The number of benzene rings is 2. The van der Waals surface area contributed by atoms with Crippen LogP contribution in [0.15, 0.2) is 54.6 Å². The van der Waals surface area contributed by atoms with Gasteiger partial charge in [-0.2, -0.15) is 0 Å². The lowest BCUT2D eigenvalue weighted by atomic mass is 9.98. The van der Waals surface area contributed by atoms with Crippen LogP contribution >= 0.6 is 0 Å². The van der Waals surface area contributed by atoms with Crippen molar-refractivity contribution in [3.63, 3.8) is 0 Å². The van der Waals surface area contributed by atoms with Crippen LogP contribution in [0.2, 0.25) is 0 Å². The summed E-state index contributed by atoms with van der Waals surface area (Å²) in [5.74, 6) is -1.02. The smallest absolute Gasteiger partial charge is 0.339 e. The Morgan fingerprint density at radius 3 is 2.63 bits per heavy atom. The fourth-order valence-corrected chi connectivity index (χ4v) is 3.58. The quantitative estimate of drug-likeness (QED) is 0.838. The van der Waals surface area contributed by atoms with Crippen LogP contribution in [-0.4, -0.2) is 41.4 Å². The van der Waals surface area contributed by atoms with Crippen molar-refractivity contribution in [2.24, 2.45) is 0 Å². The van der Waals surface area contributed by atoms with Crippen molar-refractivity contribution in [1.82, 2.24) is 10.2 Å². The normalized spacial score (nSPS) is 21.6. The average Bonchev–Trinajstić information content (AvgIpc) is 3.02. The SMILES string of the molecule is O=C1O[C@@H](C(=O)N[C@H]2CCN(Cc3ccccc3)C2=O)Cc2ccccc21. The Hall–Kier alpha value is -3.15. The van der Waals surface area contributed by atoms with E-state index in [1.165, 1.54) is 0 Å². The fraction of sp³-hybridized carbons (Fsp3) is 0.286. The molecule has 2 aromatic carbocycles. The molecule has 0 aromatic heterocycles. The predicted octanol–water partition coefficient (Wildman–Crippen LogP) is 1.69. The van der Waals surface area contributed by atoms with Crippen LogP contribution in [0.5, 0.6) is 0 Å². The van der Waals surface area contributed by atoms with E-state index in [1.807, 2.05) is 42.5 Å². The van der Waals surface area contributed by atoms with Crippen molar-refractivity contribution in [2.75, 3.05) is 6.54 Å². The van der Waals surface area contributed by atoms with Crippen LogP contribution in [-0.2, 0) is 27.3 Å². The third-order valence-corrected chi connectivity index (χ3v) is 5.01. The van der Waals surface area contributed by atoms with Crippen LogP contribution in [0, 0.1) is 0 Å². The molecule has 2 heterocycles. The first-order valence-corrected chi connectivity index (χ1v) is 9.04. The summed E-state index contributed by atoms with van der Waals surface area (Å²) >= 11 is 0. The van der Waals surface area contributed by atoms with E-state index in [9.17, 15) is 14.4 Å². The number of ether oxygens (including phenoxy) is 1. The van der Waals surface area contributed by atoms with Crippen molar-refractivity contribution in [1.29, 1.82) is 0 Å². The molecular weight excluding hydrogens is 344 g/mol. The summed E-state index contributed by atoms with van der Waals surface area (Å²) in [4.78, 5) is 39.0. The lowest BCUT2D eigenvalue weighted by Gasteiger charge is -2.25. The number of cyclic esters (lactones) is 1. The molecule has 0 bridgehead atoms. The molecule has 2 atom stereocenters. The van der Waals surface area contributed by atoms with Crippen molar-refractivity contribution < 1.29 is 19.1 Å². The molecule has 0 saturated carbocycles. The molecule has 0 spiro atoms. The Kier molecular flexibility index (Phi) is 4.62. The first-order valence-electron chi connectivity index (χ1n) is 9.04. The van der Waals surface area contributed by atoms with Gasteiger partial charge in [0.2, 0.25) is 5.91 Å². The summed E-state index contributed by atoms with van der Waals surface area (Å²) in [5.41, 5.74) is 2.33. The molecule has 6 heteroatoms. The zero-order valence-corrected chi connectivity index (χ0v) is 14.8. The van der Waals surface area contributed by atoms with E-state index >= 15 is 0 Å². The van der Waals surface area contributed by atoms with Crippen molar-refractivity contribution in [3.05, 3.63) is 71.3 Å². The highest BCUT2D eigenvalue weighted by Crippen LogP contribution is 2.21. The van der Waals surface area contributed by atoms with E-state index < -0.39 is 24.0 Å². The first kappa shape index (κ1) is 17.3. The minimum Gasteiger partial charge on any atom is -0.448 e. The average molecular weight is 364 g/mol. The lowest BCUT2D eigenvalue weighted by molar-refractivity contribution is -0.136. The number of rotatable bonds is 4. The molecule has 4 rings (SSSR count). The second-order valence-corrected chi connectivity index (χ2v) is 6.85. The zero-order chi connectivity index (χ0) is 18.8. The molecule has 1 fully saturated rings. The molecule has 0 radical (unpaired) electrons. The Balaban J connectivity index is 1.38. The van der Waals surface area contributed by atoms with Gasteiger partial charge in [0.25, 0.3) is 5.91 Å². The lowest BCUT2D eigenvalue weighted by Crippen LogP contribution is -2.48. The van der Waals surface area contributed by atoms with Crippen LogP contribution < -0.4 is 5.32 Å². The molecule has 2 aliphatic rings. The fourth-order valence-electron chi connectivity index (χ4n) is 3.58. The molecule has 1 N–H and O–H groups in total. The van der Waals surface area contributed by atoms with Crippen LogP contribution in [0.1, 0.15) is 27.9 Å². The molecule has 2 amide bonds. The Morgan fingerprint density at radius 1 is 1.07 bits per heavy atom. The first-order chi connectivity index (χ1) is 13.1. The topological polar surface area (TPSA) is 75.7 Å². The number of hydrogen-bond acceptors (Lipinski definition) is 4. The Labute approximate surface area is 157 Å². The minimum absolute atomic E-state index is 0.102. The maximum Gasteiger partial charge on any atom is 0.339 e. The van der Waals surface area contributed by atoms with Crippen molar-refractivity contribution in [2.45, 2.75) is 31.5 Å². The molecule has 2 aliphatic heterocycles. The highest BCUT2D eigenvalue weighted by atomic mass is 16.5. The maximum absolute atomic E-state index is 12.6. The molecule has 1 saturated heterocycles. The van der Waals surface area contributed by atoms with E-state index in [0.717, 1.165) is 11.1 Å². The number of nitrogens with zero attached hydrogens (tertiary/aromatic N) is 1. The minimum atomic E-state index is -0.900. The predicted molar refractivity (Wildman–Crippen MR) is 97.8 cm³/mol. The maximum atomic E-state index is 12.6. The van der Waals surface area contributed by atoms with E-state index in [1.54, 1.807) is 17.0 Å². The highest BCUT2D eigenvalue weighted by Gasteiger charge is 2.37. The number of hydrogen-bond donors (Lipinski definition) is 1. The van der Waals surface area contributed by atoms with Gasteiger partial charge in [-0.3, -0.25) is 9.59 Å². The van der Waals surface area contributed by atoms with Gasteiger partial charge < -0.3 is 15.0 Å². The largest absolute Gasteiger partial charge is 0.448 e. The molecule has 6 nitrogen and oxygen atoms in total. The van der Waals surface area contributed by atoms with Gasteiger partial charge in [0.1, 0.15) is 6.04 Å². The molecular formula is C21H20N2O4. The van der Waals surface area contributed by atoms with E-state index in [4.69, 9.17) is 4.74 Å². The number of nitrogens with one attached hydrogen (secondary N) is 1. The Morgan fingerprint density at radius 2 is 1.81 bits per heavy atom. The number of fused-ring (bicyclic) bond motifs is 1. The third kappa shape index (κ3) is 3.56. The summed E-state index contributed by atoms with van der Waals surface area (Å²) in [6, 6.07) is 16.3. The molecule has 0 unspecified atom stereocenters.